The lowest BCUT2D eigenvalue weighted by atomic mass is 10.1. The van der Waals surface area contributed by atoms with Crippen LogP contribution in [0.3, 0.4) is 0 Å². The van der Waals surface area contributed by atoms with E-state index in [2.05, 4.69) is 20.3 Å². The maximum atomic E-state index is 6.25. The Kier molecular flexibility index (Phi) is 3.73. The Hall–Kier alpha value is -1.43. The summed E-state index contributed by atoms with van der Waals surface area (Å²) in [6, 6.07) is 5.18. The topological polar surface area (TPSA) is 56.5 Å². The number of fused-ring (bicyclic) bond motifs is 1. The molecule has 108 valence electrons. The molecule has 0 spiro atoms. The Balaban J connectivity index is 2.15. The van der Waals surface area contributed by atoms with Crippen molar-refractivity contribution in [2.45, 2.75) is 19.9 Å². The van der Waals surface area contributed by atoms with Gasteiger partial charge in [0.2, 0.25) is 5.28 Å². The first-order valence-corrected chi connectivity index (χ1v) is 7.30. The first-order chi connectivity index (χ1) is 9.97. The van der Waals surface area contributed by atoms with E-state index in [0.717, 1.165) is 5.56 Å². The number of rotatable bonds is 2. The molecule has 1 aromatic carbocycles. The van der Waals surface area contributed by atoms with E-state index in [9.17, 15) is 0 Å². The highest BCUT2D eigenvalue weighted by molar-refractivity contribution is 6.35. The zero-order chi connectivity index (χ0) is 15.1. The fourth-order valence-corrected chi connectivity index (χ4v) is 2.94. The summed E-state index contributed by atoms with van der Waals surface area (Å²) in [5.74, 6) is 0. The molecule has 2 heterocycles. The minimum atomic E-state index is -0.162. The van der Waals surface area contributed by atoms with Crippen LogP contribution in [0.2, 0.25) is 15.3 Å². The van der Waals surface area contributed by atoms with Crippen molar-refractivity contribution in [1.29, 1.82) is 0 Å². The predicted octanol–water partition coefficient (Wildman–Crippen LogP) is 4.10. The number of hydrogen-bond donors (Lipinski definition) is 0. The second-order valence-electron chi connectivity index (χ2n) is 4.63. The van der Waals surface area contributed by atoms with Crippen LogP contribution in [0.15, 0.2) is 18.2 Å². The number of nitrogens with zero attached hydrogens (tertiary/aromatic N) is 5. The third-order valence-electron chi connectivity index (χ3n) is 3.25. The van der Waals surface area contributed by atoms with Gasteiger partial charge in [-0.3, -0.25) is 0 Å². The normalized spacial score (nSPS) is 12.8. The van der Waals surface area contributed by atoms with Gasteiger partial charge < -0.3 is 0 Å². The Bertz CT molecular complexity index is 830. The average molecular weight is 343 g/mol. The molecule has 0 aliphatic rings. The zero-order valence-electron chi connectivity index (χ0n) is 11.2. The molecule has 0 N–H and O–H groups in total. The number of halogens is 3. The summed E-state index contributed by atoms with van der Waals surface area (Å²) in [6.45, 7) is 3.77. The van der Waals surface area contributed by atoms with Gasteiger partial charge >= 0.3 is 0 Å². The molecule has 3 rings (SSSR count). The molecule has 0 fully saturated rings. The molecule has 0 amide bonds. The van der Waals surface area contributed by atoms with Gasteiger partial charge in [-0.1, -0.05) is 34.5 Å². The van der Waals surface area contributed by atoms with E-state index in [0.29, 0.717) is 26.9 Å². The lowest BCUT2D eigenvalue weighted by Gasteiger charge is -2.14. The summed E-state index contributed by atoms with van der Waals surface area (Å²) in [4.78, 5) is 8.28. The van der Waals surface area contributed by atoms with Gasteiger partial charge in [0.15, 0.2) is 11.2 Å². The van der Waals surface area contributed by atoms with Gasteiger partial charge in [0.05, 0.1) is 11.7 Å². The fraction of sp³-hybridized carbons (Fsp3) is 0.231. The van der Waals surface area contributed by atoms with Crippen LogP contribution in [0.4, 0.5) is 0 Å². The van der Waals surface area contributed by atoms with E-state index >= 15 is 0 Å². The highest BCUT2D eigenvalue weighted by atomic mass is 35.5. The van der Waals surface area contributed by atoms with Crippen molar-refractivity contribution in [3.8, 4) is 0 Å². The molecule has 5 nitrogen and oxygen atoms in total. The van der Waals surface area contributed by atoms with Crippen molar-refractivity contribution in [2.75, 3.05) is 0 Å². The molecule has 0 bridgehead atoms. The molecule has 0 saturated heterocycles. The van der Waals surface area contributed by atoms with Crippen molar-refractivity contribution in [3.05, 3.63) is 44.8 Å². The second kappa shape index (κ2) is 5.40. The summed E-state index contributed by atoms with van der Waals surface area (Å²) < 4.78 is 1.67. The Morgan fingerprint density at radius 1 is 1.14 bits per heavy atom. The van der Waals surface area contributed by atoms with Crippen LogP contribution in [-0.4, -0.2) is 25.0 Å². The van der Waals surface area contributed by atoms with Gasteiger partial charge in [-0.05, 0) is 43.1 Å². The molecule has 0 saturated carbocycles. The predicted molar refractivity (Wildman–Crippen MR) is 83.1 cm³/mol. The minimum Gasteiger partial charge on any atom is -0.221 e. The standard InChI is InChI=1S/C13H10Cl3N5/c1-6-11-12(18-13(16)17-6)21(20-19-11)7(2)9-4-3-8(14)5-10(9)15/h3-5,7H,1-2H3/t7-/m1/s1. The summed E-state index contributed by atoms with van der Waals surface area (Å²) >= 11 is 18.1. The highest BCUT2D eigenvalue weighted by Crippen LogP contribution is 2.29. The number of hydrogen-bond acceptors (Lipinski definition) is 4. The second-order valence-corrected chi connectivity index (χ2v) is 5.81. The van der Waals surface area contributed by atoms with Crippen LogP contribution in [0, 0.1) is 6.92 Å². The van der Waals surface area contributed by atoms with E-state index < -0.39 is 0 Å². The zero-order valence-corrected chi connectivity index (χ0v) is 13.4. The first-order valence-electron chi connectivity index (χ1n) is 6.17. The number of benzene rings is 1. The van der Waals surface area contributed by atoms with Crippen LogP contribution in [0.5, 0.6) is 0 Å². The van der Waals surface area contributed by atoms with Gasteiger partial charge in [0.1, 0.15) is 0 Å². The summed E-state index contributed by atoms with van der Waals surface area (Å²) in [7, 11) is 0. The van der Waals surface area contributed by atoms with Crippen LogP contribution in [0.1, 0.15) is 24.2 Å². The minimum absolute atomic E-state index is 0.162. The van der Waals surface area contributed by atoms with Gasteiger partial charge in [-0.15, -0.1) is 5.10 Å². The molecule has 0 unspecified atom stereocenters. The number of aromatic nitrogens is 5. The summed E-state index contributed by atoms with van der Waals surface area (Å²) in [5.41, 5.74) is 2.76. The van der Waals surface area contributed by atoms with Crippen molar-refractivity contribution < 1.29 is 0 Å². The molecule has 8 heteroatoms. The lowest BCUT2D eigenvalue weighted by Crippen LogP contribution is -2.10. The lowest BCUT2D eigenvalue weighted by molar-refractivity contribution is 0.556. The van der Waals surface area contributed by atoms with Crippen molar-refractivity contribution >= 4 is 46.0 Å². The molecular weight excluding hydrogens is 333 g/mol. The van der Waals surface area contributed by atoms with Crippen molar-refractivity contribution in [2.24, 2.45) is 0 Å². The van der Waals surface area contributed by atoms with Crippen LogP contribution in [-0.2, 0) is 0 Å². The van der Waals surface area contributed by atoms with Gasteiger partial charge in [0.25, 0.3) is 0 Å². The molecule has 21 heavy (non-hydrogen) atoms. The molecule has 1 atom stereocenters. The molecule has 0 aliphatic carbocycles. The Labute approximate surface area is 135 Å². The van der Waals surface area contributed by atoms with E-state index in [4.69, 9.17) is 34.8 Å². The monoisotopic (exact) mass is 341 g/mol. The van der Waals surface area contributed by atoms with Gasteiger partial charge in [0, 0.05) is 10.0 Å². The number of aryl methyl sites for hydroxylation is 1. The smallest absolute Gasteiger partial charge is 0.221 e. The summed E-state index contributed by atoms with van der Waals surface area (Å²) in [6.07, 6.45) is 0. The van der Waals surface area contributed by atoms with E-state index in [-0.39, 0.29) is 11.3 Å². The maximum absolute atomic E-state index is 6.25. The molecule has 0 radical (unpaired) electrons. The first kappa shape index (κ1) is 14.5. The molecule has 2 aromatic heterocycles. The third-order valence-corrected chi connectivity index (χ3v) is 3.98. The van der Waals surface area contributed by atoms with E-state index in [1.54, 1.807) is 16.8 Å². The molecule has 0 aliphatic heterocycles. The van der Waals surface area contributed by atoms with Crippen molar-refractivity contribution in [3.63, 3.8) is 0 Å². The van der Waals surface area contributed by atoms with Crippen LogP contribution < -0.4 is 0 Å². The molecule has 3 aromatic rings. The van der Waals surface area contributed by atoms with Crippen molar-refractivity contribution in [1.82, 2.24) is 25.0 Å². The SMILES string of the molecule is Cc1nc(Cl)nc2c1nnn2[C@H](C)c1ccc(Cl)cc1Cl. The largest absolute Gasteiger partial charge is 0.224 e. The maximum Gasteiger partial charge on any atom is 0.224 e. The Morgan fingerprint density at radius 2 is 1.90 bits per heavy atom. The van der Waals surface area contributed by atoms with E-state index in [1.807, 2.05) is 19.9 Å². The third kappa shape index (κ3) is 2.57. The van der Waals surface area contributed by atoms with Crippen LogP contribution >= 0.6 is 34.8 Å². The summed E-state index contributed by atoms with van der Waals surface area (Å²) in [5, 5.41) is 9.58. The quantitative estimate of drug-likeness (QED) is 0.658. The van der Waals surface area contributed by atoms with Gasteiger partial charge in [-0.2, -0.15) is 4.98 Å². The van der Waals surface area contributed by atoms with Gasteiger partial charge in [-0.25, -0.2) is 9.67 Å². The highest BCUT2D eigenvalue weighted by Gasteiger charge is 2.19. The van der Waals surface area contributed by atoms with Crippen LogP contribution in [0.25, 0.3) is 11.2 Å². The Morgan fingerprint density at radius 3 is 2.62 bits per heavy atom. The van der Waals surface area contributed by atoms with E-state index in [1.165, 1.54) is 0 Å². The molecular formula is C13H10Cl3N5. The fourth-order valence-electron chi connectivity index (χ4n) is 2.16. The average Bonchev–Trinajstić information content (AvgIpc) is 2.82.